The lowest BCUT2D eigenvalue weighted by atomic mass is 10.2. The van der Waals surface area contributed by atoms with Gasteiger partial charge in [0, 0.05) is 0 Å². The fraction of sp³-hybridized carbons (Fsp3) is 0. The third-order valence-corrected chi connectivity index (χ3v) is 3.21. The summed E-state index contributed by atoms with van der Waals surface area (Å²) in [6.45, 7) is 0. The molecule has 16 heteroatoms. The Morgan fingerprint density at radius 3 is 1.29 bits per heavy atom. The molecular formula is C15H6ClF10N5. The predicted molar refractivity (Wildman–Crippen MR) is 89.7 cm³/mol. The van der Waals surface area contributed by atoms with Gasteiger partial charge in [-0.05, 0) is 0 Å². The Balaban J connectivity index is 0.00000480. The molecule has 3 N–H and O–H groups in total. The lowest BCUT2D eigenvalue weighted by molar-refractivity contribution is 0.377. The van der Waals surface area contributed by atoms with Gasteiger partial charge in [-0.15, -0.1) is 17.5 Å². The van der Waals surface area contributed by atoms with Crippen LogP contribution in [0.15, 0.2) is 15.3 Å². The lowest BCUT2D eigenvalue weighted by Crippen LogP contribution is -2.27. The number of benzene rings is 2. The summed E-state index contributed by atoms with van der Waals surface area (Å²) in [6.07, 6.45) is 0.255. The molecule has 0 aliphatic heterocycles. The van der Waals surface area contributed by atoms with Gasteiger partial charge in [-0.2, -0.15) is 10.2 Å². The van der Waals surface area contributed by atoms with Gasteiger partial charge in [0.15, 0.2) is 46.5 Å². The smallest absolute Gasteiger partial charge is 0.234 e. The molecule has 0 saturated carbocycles. The van der Waals surface area contributed by atoms with E-state index in [1.54, 1.807) is 5.43 Å². The maximum atomic E-state index is 13.4. The minimum atomic E-state index is -2.39. The van der Waals surface area contributed by atoms with Crippen LogP contribution in [0.3, 0.4) is 0 Å². The van der Waals surface area contributed by atoms with Gasteiger partial charge in [-0.3, -0.25) is 0 Å². The summed E-state index contributed by atoms with van der Waals surface area (Å²) in [5.41, 5.74) is 3.96. The summed E-state index contributed by atoms with van der Waals surface area (Å²) in [6, 6.07) is 0. The molecule has 0 aliphatic rings. The zero-order valence-corrected chi connectivity index (χ0v) is 15.1. The second kappa shape index (κ2) is 10.1. The van der Waals surface area contributed by atoms with Crippen LogP contribution in [0, 0.1) is 58.2 Å². The molecular weight excluding hydrogens is 476 g/mol. The largest absolute Gasteiger partial charge is 0.367 e. The first-order valence-electron chi connectivity index (χ1n) is 7.17. The van der Waals surface area contributed by atoms with Gasteiger partial charge in [0.2, 0.25) is 17.6 Å². The second-order valence-electron chi connectivity index (χ2n) is 5.07. The van der Waals surface area contributed by atoms with Crippen molar-refractivity contribution >= 4 is 30.8 Å². The lowest BCUT2D eigenvalue weighted by Gasteiger charge is -2.04. The van der Waals surface area contributed by atoms with Gasteiger partial charge < -0.3 is 5.73 Å². The number of halogens is 11. The Morgan fingerprint density at radius 1 is 0.581 bits per heavy atom. The zero-order chi connectivity index (χ0) is 22.7. The fourth-order valence-corrected chi connectivity index (χ4v) is 1.80. The molecule has 168 valence electrons. The van der Waals surface area contributed by atoms with E-state index in [-0.39, 0.29) is 24.8 Å². The molecule has 2 rings (SSSR count). The molecule has 0 atom stereocenters. The first kappa shape index (κ1) is 25.7. The Bertz CT molecular complexity index is 1040. The number of guanidine groups is 1. The van der Waals surface area contributed by atoms with Crippen LogP contribution in [0.2, 0.25) is 0 Å². The van der Waals surface area contributed by atoms with Crippen molar-refractivity contribution in [1.82, 2.24) is 5.43 Å². The second-order valence-corrected chi connectivity index (χ2v) is 5.07. The normalized spacial score (nSPS) is 12.0. The molecule has 0 heterocycles. The van der Waals surface area contributed by atoms with E-state index in [1.165, 1.54) is 0 Å². The molecule has 5 nitrogen and oxygen atoms in total. The fourth-order valence-electron chi connectivity index (χ4n) is 1.80. The number of rotatable bonds is 4. The van der Waals surface area contributed by atoms with Crippen LogP contribution in [0.5, 0.6) is 0 Å². The molecule has 0 radical (unpaired) electrons. The van der Waals surface area contributed by atoms with E-state index in [2.05, 4.69) is 15.3 Å². The first-order chi connectivity index (χ1) is 14.0. The number of nitrogens with one attached hydrogen (secondary N) is 1. The highest BCUT2D eigenvalue weighted by molar-refractivity contribution is 5.85. The summed E-state index contributed by atoms with van der Waals surface area (Å²) in [5, 5.41) is 8.92. The molecule has 0 saturated heterocycles. The summed E-state index contributed by atoms with van der Waals surface area (Å²) in [5.74, 6) is -23.4. The quantitative estimate of drug-likeness (QED) is 0.174. The van der Waals surface area contributed by atoms with E-state index >= 15 is 0 Å². The van der Waals surface area contributed by atoms with Crippen molar-refractivity contribution in [3.63, 3.8) is 0 Å². The van der Waals surface area contributed by atoms with Crippen LogP contribution in [0.25, 0.3) is 0 Å². The van der Waals surface area contributed by atoms with Gasteiger partial charge in [-0.25, -0.2) is 49.3 Å². The molecule has 0 bridgehead atoms. The van der Waals surface area contributed by atoms with Gasteiger partial charge in [0.1, 0.15) is 0 Å². The molecule has 0 fully saturated rings. The minimum absolute atomic E-state index is 0. The van der Waals surface area contributed by atoms with E-state index < -0.39 is 75.3 Å². The third-order valence-electron chi connectivity index (χ3n) is 3.21. The number of hydrogen-bond acceptors (Lipinski definition) is 3. The van der Waals surface area contributed by atoms with Crippen molar-refractivity contribution in [2.24, 2.45) is 21.0 Å². The molecule has 0 spiro atoms. The number of nitrogens with zero attached hydrogens (tertiary/aromatic N) is 3. The van der Waals surface area contributed by atoms with Gasteiger partial charge in [0.05, 0.1) is 23.6 Å². The Kier molecular flexibility index (Phi) is 8.37. The molecule has 0 amide bonds. The molecule has 0 aromatic heterocycles. The van der Waals surface area contributed by atoms with Crippen molar-refractivity contribution < 1.29 is 43.9 Å². The van der Waals surface area contributed by atoms with Gasteiger partial charge in [-0.1, -0.05) is 0 Å². The van der Waals surface area contributed by atoms with Gasteiger partial charge >= 0.3 is 0 Å². The van der Waals surface area contributed by atoms with Crippen LogP contribution in [0.1, 0.15) is 11.1 Å². The highest BCUT2D eigenvalue weighted by atomic mass is 35.5. The van der Waals surface area contributed by atoms with Crippen LogP contribution in [-0.2, 0) is 0 Å². The molecule has 2 aromatic rings. The highest BCUT2D eigenvalue weighted by Crippen LogP contribution is 2.22. The van der Waals surface area contributed by atoms with Crippen molar-refractivity contribution in [3.05, 3.63) is 69.3 Å². The summed E-state index contributed by atoms with van der Waals surface area (Å²) in [7, 11) is 0. The van der Waals surface area contributed by atoms with Crippen molar-refractivity contribution in [1.29, 1.82) is 0 Å². The molecule has 0 unspecified atom stereocenters. The van der Waals surface area contributed by atoms with E-state index in [0.717, 1.165) is 0 Å². The van der Waals surface area contributed by atoms with Crippen molar-refractivity contribution in [2.45, 2.75) is 0 Å². The zero-order valence-electron chi connectivity index (χ0n) is 14.3. The third kappa shape index (κ3) is 5.04. The van der Waals surface area contributed by atoms with Crippen molar-refractivity contribution in [3.8, 4) is 0 Å². The maximum absolute atomic E-state index is 13.4. The molecule has 31 heavy (non-hydrogen) atoms. The van der Waals surface area contributed by atoms with Crippen molar-refractivity contribution in [2.75, 3.05) is 0 Å². The SMILES string of the molecule is Cl.N/C(=N\N=C\c1c(F)c(F)c(F)c(F)c1F)N/N=C/c1c(F)c(F)c(F)c(F)c1F. The number of hydrogen-bond donors (Lipinski definition) is 2. The maximum Gasteiger partial charge on any atom is 0.234 e. The Morgan fingerprint density at radius 2 is 0.903 bits per heavy atom. The monoisotopic (exact) mass is 481 g/mol. The Hall–Kier alpha value is -3.36. The topological polar surface area (TPSA) is 75.1 Å². The predicted octanol–water partition coefficient (Wildman–Crippen LogP) is 3.77. The van der Waals surface area contributed by atoms with Crippen LogP contribution in [-0.4, -0.2) is 18.4 Å². The van der Waals surface area contributed by atoms with Gasteiger partial charge in [0.25, 0.3) is 0 Å². The highest BCUT2D eigenvalue weighted by Gasteiger charge is 2.25. The van der Waals surface area contributed by atoms with E-state index in [9.17, 15) is 43.9 Å². The van der Waals surface area contributed by atoms with E-state index in [0.29, 0.717) is 0 Å². The van der Waals surface area contributed by atoms with Crippen LogP contribution < -0.4 is 11.2 Å². The van der Waals surface area contributed by atoms with Crippen LogP contribution >= 0.6 is 12.4 Å². The summed E-state index contributed by atoms with van der Waals surface area (Å²) in [4.78, 5) is 0. The molecule has 0 aliphatic carbocycles. The number of hydrazone groups is 1. The molecule has 2 aromatic carbocycles. The van der Waals surface area contributed by atoms with E-state index in [1.807, 2.05) is 0 Å². The minimum Gasteiger partial charge on any atom is -0.367 e. The van der Waals surface area contributed by atoms with Crippen LogP contribution in [0.4, 0.5) is 43.9 Å². The standard InChI is InChI=1S/C15H5F10N5.ClH/c16-5-3(6(17)10(21)13(24)9(5)20)1-27-29-15(26)30-28-2-4-7(18)11(22)14(25)12(23)8(4)19;/h1-2H,(H3,26,29,30);1H/b27-1+,28-2+;. The Labute approximate surface area is 171 Å². The summed E-state index contributed by atoms with van der Waals surface area (Å²) < 4.78 is 131. The summed E-state index contributed by atoms with van der Waals surface area (Å²) >= 11 is 0. The number of nitrogens with two attached hydrogens (primary N) is 1. The average Bonchev–Trinajstić information content (AvgIpc) is 2.72. The average molecular weight is 482 g/mol. The van der Waals surface area contributed by atoms with E-state index in [4.69, 9.17) is 5.73 Å². The first-order valence-corrected chi connectivity index (χ1v) is 7.17.